The number of nitrogens with one attached hydrogen (secondary N) is 1. The van der Waals surface area contributed by atoms with Crippen molar-refractivity contribution in [2.24, 2.45) is 0 Å². The summed E-state index contributed by atoms with van der Waals surface area (Å²) in [6.07, 6.45) is 4.66. The van der Waals surface area contributed by atoms with E-state index in [0.717, 1.165) is 30.4 Å². The topological polar surface area (TPSA) is 98.0 Å². The predicted octanol–water partition coefficient (Wildman–Crippen LogP) is 5.77. The van der Waals surface area contributed by atoms with E-state index in [1.807, 2.05) is 33.8 Å². The summed E-state index contributed by atoms with van der Waals surface area (Å²) in [6.45, 7) is 9.59. The van der Waals surface area contributed by atoms with Gasteiger partial charge < -0.3 is 19.9 Å². The van der Waals surface area contributed by atoms with Gasteiger partial charge in [0.1, 0.15) is 0 Å². The molecule has 3 aromatic rings. The first-order valence-corrected chi connectivity index (χ1v) is 13.1. The number of benzene rings is 1. The van der Waals surface area contributed by atoms with Crippen molar-refractivity contribution in [3.05, 3.63) is 40.3 Å². The van der Waals surface area contributed by atoms with Gasteiger partial charge in [-0.3, -0.25) is 0 Å². The Labute approximate surface area is 216 Å². The second-order valence-corrected chi connectivity index (χ2v) is 11.1. The standard InChI is InChI=1S/C28H35FN4O4/c1-15-18-11-8-12-36-25(18)20(29)13-19(15)24-23(26(27(34)35)37-28(3,4)5)16(2)30-22-14-21(32-33(22)24)31-17-9-6-7-10-17/h13-14,17,26H,6-12H2,1-5H3,(H,31,32)(H,34,35). The summed E-state index contributed by atoms with van der Waals surface area (Å²) < 4.78 is 28.8. The number of nitrogens with zero attached hydrogens (tertiary/aromatic N) is 3. The van der Waals surface area contributed by atoms with Crippen LogP contribution in [0.5, 0.6) is 5.75 Å². The average molecular weight is 511 g/mol. The van der Waals surface area contributed by atoms with Gasteiger partial charge in [0.05, 0.1) is 17.9 Å². The highest BCUT2D eigenvalue weighted by Crippen LogP contribution is 2.41. The number of aryl methyl sites for hydroxylation is 1. The SMILES string of the molecule is Cc1nc2cc(NC3CCCC3)nn2c(-c2cc(F)c3c(c2C)CCCO3)c1C(OC(C)(C)C)C(=O)O. The molecule has 3 heterocycles. The number of rotatable bonds is 6. The molecule has 1 aromatic carbocycles. The van der Waals surface area contributed by atoms with E-state index < -0.39 is 23.5 Å². The fourth-order valence-corrected chi connectivity index (χ4v) is 5.55. The lowest BCUT2D eigenvalue weighted by molar-refractivity contribution is -0.160. The molecule has 198 valence electrons. The van der Waals surface area contributed by atoms with E-state index in [9.17, 15) is 9.90 Å². The minimum absolute atomic E-state index is 0.279. The molecular formula is C28H35FN4O4. The molecule has 0 amide bonds. The summed E-state index contributed by atoms with van der Waals surface area (Å²) in [5.74, 6) is -0.665. The van der Waals surface area contributed by atoms with Crippen LogP contribution in [0.1, 0.15) is 81.4 Å². The van der Waals surface area contributed by atoms with Gasteiger partial charge in [-0.05, 0) is 71.9 Å². The maximum atomic E-state index is 15.4. The Morgan fingerprint density at radius 1 is 1.24 bits per heavy atom. The molecule has 9 heteroatoms. The number of carboxylic acids is 1. The van der Waals surface area contributed by atoms with Crippen molar-refractivity contribution in [3.63, 3.8) is 0 Å². The minimum Gasteiger partial charge on any atom is -0.490 e. The van der Waals surface area contributed by atoms with Crippen molar-refractivity contribution < 1.29 is 23.8 Å². The van der Waals surface area contributed by atoms with E-state index in [4.69, 9.17) is 19.6 Å². The van der Waals surface area contributed by atoms with Crippen LogP contribution in [0.25, 0.3) is 16.9 Å². The Morgan fingerprint density at radius 3 is 2.65 bits per heavy atom. The van der Waals surface area contributed by atoms with E-state index >= 15 is 4.39 Å². The van der Waals surface area contributed by atoms with E-state index in [0.29, 0.717) is 53.0 Å². The second-order valence-electron chi connectivity index (χ2n) is 11.1. The van der Waals surface area contributed by atoms with E-state index in [1.54, 1.807) is 11.4 Å². The molecular weight excluding hydrogens is 475 g/mol. The molecule has 5 rings (SSSR count). The van der Waals surface area contributed by atoms with Gasteiger partial charge in [-0.2, -0.15) is 0 Å². The molecule has 0 radical (unpaired) electrons. The second kappa shape index (κ2) is 9.59. The highest BCUT2D eigenvalue weighted by Gasteiger charge is 2.34. The molecule has 1 atom stereocenters. The molecule has 0 saturated heterocycles. The summed E-state index contributed by atoms with van der Waals surface area (Å²) in [6, 6.07) is 3.63. The number of fused-ring (bicyclic) bond motifs is 2. The number of hydrogen-bond acceptors (Lipinski definition) is 6. The number of aliphatic carboxylic acids is 1. The maximum Gasteiger partial charge on any atom is 0.337 e. The molecule has 0 spiro atoms. The number of hydrogen-bond donors (Lipinski definition) is 2. The van der Waals surface area contributed by atoms with Gasteiger partial charge in [-0.25, -0.2) is 18.7 Å². The molecule has 1 unspecified atom stereocenters. The van der Waals surface area contributed by atoms with Crippen LogP contribution in [0.3, 0.4) is 0 Å². The monoisotopic (exact) mass is 510 g/mol. The van der Waals surface area contributed by atoms with Gasteiger partial charge in [-0.1, -0.05) is 12.8 Å². The van der Waals surface area contributed by atoms with Crippen LogP contribution >= 0.6 is 0 Å². The molecule has 2 N–H and O–H groups in total. The number of ether oxygens (including phenoxy) is 2. The van der Waals surface area contributed by atoms with Crippen molar-refractivity contribution >= 4 is 17.4 Å². The first-order valence-electron chi connectivity index (χ1n) is 13.1. The Kier molecular flexibility index (Phi) is 6.60. The summed E-state index contributed by atoms with van der Waals surface area (Å²) in [5, 5.41) is 18.6. The Hall–Kier alpha value is -3.20. The van der Waals surface area contributed by atoms with Crippen LogP contribution in [-0.4, -0.2) is 43.9 Å². The van der Waals surface area contributed by atoms with Crippen LogP contribution < -0.4 is 10.1 Å². The smallest absolute Gasteiger partial charge is 0.337 e. The van der Waals surface area contributed by atoms with Crippen molar-refractivity contribution in [2.75, 3.05) is 11.9 Å². The van der Waals surface area contributed by atoms with Gasteiger partial charge in [0.25, 0.3) is 0 Å². The number of anilines is 1. The van der Waals surface area contributed by atoms with Crippen LogP contribution in [0, 0.1) is 19.7 Å². The maximum absolute atomic E-state index is 15.4. The molecule has 1 aliphatic heterocycles. The Balaban J connectivity index is 1.78. The third-order valence-electron chi connectivity index (χ3n) is 7.19. The summed E-state index contributed by atoms with van der Waals surface area (Å²) in [4.78, 5) is 17.3. The molecule has 2 aromatic heterocycles. The average Bonchev–Trinajstić information content (AvgIpc) is 3.48. The van der Waals surface area contributed by atoms with E-state index in [-0.39, 0.29) is 5.75 Å². The molecule has 8 nitrogen and oxygen atoms in total. The first-order chi connectivity index (χ1) is 17.5. The van der Waals surface area contributed by atoms with Crippen LogP contribution in [0.15, 0.2) is 12.1 Å². The molecule has 1 fully saturated rings. The highest BCUT2D eigenvalue weighted by atomic mass is 19.1. The zero-order chi connectivity index (χ0) is 26.5. The lowest BCUT2D eigenvalue weighted by Crippen LogP contribution is -2.29. The molecule has 37 heavy (non-hydrogen) atoms. The highest BCUT2D eigenvalue weighted by molar-refractivity contribution is 5.82. The number of carbonyl (C=O) groups is 1. The van der Waals surface area contributed by atoms with Gasteiger partial charge in [0, 0.05) is 34.5 Å². The summed E-state index contributed by atoms with van der Waals surface area (Å²) in [5.41, 5.74) is 3.36. The lowest BCUT2D eigenvalue weighted by atomic mass is 9.91. The molecule has 1 aliphatic carbocycles. The van der Waals surface area contributed by atoms with Gasteiger partial charge in [0.15, 0.2) is 29.1 Å². The quantitative estimate of drug-likeness (QED) is 0.434. The van der Waals surface area contributed by atoms with E-state index in [1.165, 1.54) is 18.9 Å². The van der Waals surface area contributed by atoms with Crippen LogP contribution in [0.4, 0.5) is 10.2 Å². The first kappa shape index (κ1) is 25.4. The molecule has 0 bridgehead atoms. The zero-order valence-corrected chi connectivity index (χ0v) is 22.2. The molecule has 1 saturated carbocycles. The summed E-state index contributed by atoms with van der Waals surface area (Å²) >= 11 is 0. The summed E-state index contributed by atoms with van der Waals surface area (Å²) in [7, 11) is 0. The Bertz CT molecular complexity index is 1350. The van der Waals surface area contributed by atoms with E-state index in [2.05, 4.69) is 5.32 Å². The zero-order valence-electron chi connectivity index (χ0n) is 22.2. The number of halogens is 1. The number of carboxylic acid groups (broad SMARTS) is 1. The Morgan fingerprint density at radius 2 is 1.97 bits per heavy atom. The van der Waals surface area contributed by atoms with Crippen molar-refractivity contribution in [3.8, 4) is 17.0 Å². The molecule has 2 aliphatic rings. The largest absolute Gasteiger partial charge is 0.490 e. The minimum atomic E-state index is -1.32. The lowest BCUT2D eigenvalue weighted by Gasteiger charge is -2.28. The van der Waals surface area contributed by atoms with Crippen molar-refractivity contribution in [2.45, 2.75) is 90.9 Å². The van der Waals surface area contributed by atoms with Crippen molar-refractivity contribution in [1.82, 2.24) is 14.6 Å². The number of aromatic nitrogens is 3. The van der Waals surface area contributed by atoms with Crippen molar-refractivity contribution in [1.29, 1.82) is 0 Å². The third kappa shape index (κ3) is 4.89. The normalized spacial score (nSPS) is 17.0. The third-order valence-corrected chi connectivity index (χ3v) is 7.19. The van der Waals surface area contributed by atoms with Gasteiger partial charge in [0.2, 0.25) is 0 Å². The van der Waals surface area contributed by atoms with Crippen LogP contribution in [0.2, 0.25) is 0 Å². The van der Waals surface area contributed by atoms with Gasteiger partial charge in [-0.15, -0.1) is 5.10 Å². The fourth-order valence-electron chi connectivity index (χ4n) is 5.55. The van der Waals surface area contributed by atoms with Crippen LogP contribution in [-0.2, 0) is 16.0 Å². The fraction of sp³-hybridized carbons (Fsp3) is 0.536. The van der Waals surface area contributed by atoms with Gasteiger partial charge >= 0.3 is 5.97 Å². The predicted molar refractivity (Wildman–Crippen MR) is 139 cm³/mol.